The van der Waals surface area contributed by atoms with Crippen molar-refractivity contribution >= 4 is 128 Å². The first kappa shape index (κ1) is 37.4. The standard InChI is InChI=1S/C61H43B2N3O/c1-5-36-28-30-38-18-13-16-34(3)50(38)54(36)62-44-23-8-11-26-48(44)65-59-46(62)33-32-43-53(59)60-56(52-42-22-15-21-41-40-20-7-10-25-47(40)64(57(41)42)58(43)52)63(45-24-9-12-27-49(45)66(60)61(65)67)55-37(6-2)29-31-39-19-14-17-35(4)51(39)55/h7-33H,5-6H2,1-4H3. The number of rotatable bonds is 4. The second-order valence-electron chi connectivity index (χ2n) is 19.2. The molecule has 0 N–H and O–H groups in total. The highest BCUT2D eigenvalue weighted by Gasteiger charge is 2.43. The van der Waals surface area contributed by atoms with Gasteiger partial charge < -0.3 is 4.40 Å². The Labute approximate surface area is 387 Å². The first-order chi connectivity index (χ1) is 33.0. The average molecular weight is 856 g/mol. The van der Waals surface area contributed by atoms with Crippen LogP contribution in [0.1, 0.15) is 36.1 Å². The van der Waals surface area contributed by atoms with Gasteiger partial charge in [-0.05, 0) is 99.4 Å². The van der Waals surface area contributed by atoms with Gasteiger partial charge in [-0.15, -0.1) is 0 Å². The molecule has 15 rings (SSSR count). The predicted octanol–water partition coefficient (Wildman–Crippen LogP) is 9.79. The molecule has 10 aromatic carbocycles. The molecule has 13 aromatic rings. The van der Waals surface area contributed by atoms with Gasteiger partial charge in [-0.2, -0.15) is 0 Å². The average Bonchev–Trinajstić information content (AvgIpc) is 3.89. The Hall–Kier alpha value is -7.82. The zero-order valence-electron chi connectivity index (χ0n) is 37.9. The maximum atomic E-state index is 16.4. The fourth-order valence-electron chi connectivity index (χ4n) is 13.6. The van der Waals surface area contributed by atoms with Crippen molar-refractivity contribution in [1.82, 2.24) is 13.5 Å². The number of hydrogen-bond acceptors (Lipinski definition) is 1. The third-order valence-corrected chi connectivity index (χ3v) is 16.2. The highest BCUT2D eigenvalue weighted by Crippen LogP contribution is 2.44. The Kier molecular flexibility index (Phi) is 7.35. The monoisotopic (exact) mass is 855 g/mol. The molecule has 67 heavy (non-hydrogen) atoms. The van der Waals surface area contributed by atoms with Crippen LogP contribution in [-0.2, 0) is 12.8 Å². The molecule has 314 valence electrons. The van der Waals surface area contributed by atoms with Gasteiger partial charge in [0.1, 0.15) is 0 Å². The molecule has 0 spiro atoms. The second kappa shape index (κ2) is 13.2. The van der Waals surface area contributed by atoms with Crippen LogP contribution in [0.3, 0.4) is 0 Å². The molecule has 0 atom stereocenters. The molecule has 0 radical (unpaired) electrons. The number of aromatic nitrogens is 3. The summed E-state index contributed by atoms with van der Waals surface area (Å²) in [5.41, 5.74) is 20.2. The first-order valence-corrected chi connectivity index (χ1v) is 24.0. The van der Waals surface area contributed by atoms with Crippen molar-refractivity contribution in [1.29, 1.82) is 0 Å². The Morgan fingerprint density at radius 3 is 1.64 bits per heavy atom. The number of nitrogens with zero attached hydrogens (tertiary/aromatic N) is 3. The third-order valence-electron chi connectivity index (χ3n) is 16.2. The van der Waals surface area contributed by atoms with E-state index in [1.54, 1.807) is 0 Å². The molecule has 3 aromatic heterocycles. The molecule has 4 nitrogen and oxygen atoms in total. The summed E-state index contributed by atoms with van der Waals surface area (Å²) in [6, 6.07) is 60.9. The van der Waals surface area contributed by atoms with Crippen molar-refractivity contribution in [2.24, 2.45) is 0 Å². The largest absolute Gasteiger partial charge is 0.338 e. The van der Waals surface area contributed by atoms with Crippen LogP contribution in [-0.4, -0.2) is 27.0 Å². The van der Waals surface area contributed by atoms with Crippen LogP contribution in [0.5, 0.6) is 0 Å². The quantitative estimate of drug-likeness (QED) is 0.162. The molecular formula is C61H43B2N3O. The molecule has 2 aliphatic heterocycles. The predicted molar refractivity (Wildman–Crippen MR) is 286 cm³/mol. The van der Waals surface area contributed by atoms with E-state index in [1.165, 1.54) is 109 Å². The van der Waals surface area contributed by atoms with Crippen molar-refractivity contribution in [3.8, 4) is 11.4 Å². The summed E-state index contributed by atoms with van der Waals surface area (Å²) < 4.78 is 6.79. The fraction of sp³-hybridized carbons (Fsp3) is 0.0984. The lowest BCUT2D eigenvalue weighted by Crippen LogP contribution is -2.61. The minimum atomic E-state index is -0.166. The molecule has 0 saturated heterocycles. The summed E-state index contributed by atoms with van der Waals surface area (Å²) in [5.74, 6) is 0. The number of para-hydroxylation sites is 4. The third kappa shape index (κ3) is 4.49. The Morgan fingerprint density at radius 2 is 0.955 bits per heavy atom. The molecule has 5 heterocycles. The highest BCUT2D eigenvalue weighted by molar-refractivity contribution is 7.02. The van der Waals surface area contributed by atoms with E-state index in [4.69, 9.17) is 0 Å². The van der Waals surface area contributed by atoms with Gasteiger partial charge in [-0.25, -0.2) is 4.79 Å². The van der Waals surface area contributed by atoms with Crippen LogP contribution in [0.25, 0.3) is 92.8 Å². The van der Waals surface area contributed by atoms with E-state index in [1.807, 2.05) is 0 Å². The SMILES string of the molecule is CCc1ccc2cccc(C)c2c1B1c2ccccc2-n2c(=O)n3c4c(c5c6cccc7c8ccccc8n(c76)c5c5ccc1c2c54)B(c1c(CC)ccc2cccc(C)c12)c1ccccc1-3. The van der Waals surface area contributed by atoms with E-state index in [-0.39, 0.29) is 19.1 Å². The maximum absolute atomic E-state index is 16.4. The van der Waals surface area contributed by atoms with Gasteiger partial charge >= 0.3 is 5.69 Å². The van der Waals surface area contributed by atoms with Gasteiger partial charge in [0.05, 0.1) is 27.6 Å². The molecule has 0 amide bonds. The topological polar surface area (TPSA) is 31.3 Å². The zero-order chi connectivity index (χ0) is 44.6. The van der Waals surface area contributed by atoms with E-state index in [0.29, 0.717) is 0 Å². The van der Waals surface area contributed by atoms with E-state index in [0.717, 1.165) is 51.6 Å². The molecule has 0 aliphatic carbocycles. The van der Waals surface area contributed by atoms with Gasteiger partial charge in [0, 0.05) is 43.7 Å². The normalized spacial score (nSPS) is 13.2. The molecular weight excluding hydrogens is 812 g/mol. The maximum Gasteiger partial charge on any atom is 0.338 e. The van der Waals surface area contributed by atoms with Crippen molar-refractivity contribution in [2.75, 3.05) is 0 Å². The number of fused-ring (bicyclic) bond motifs is 14. The zero-order valence-corrected chi connectivity index (χ0v) is 37.9. The van der Waals surface area contributed by atoms with E-state index >= 15 is 4.79 Å². The Balaban J connectivity index is 1.25. The van der Waals surface area contributed by atoms with Crippen molar-refractivity contribution in [3.05, 3.63) is 197 Å². The van der Waals surface area contributed by atoms with E-state index in [9.17, 15) is 0 Å². The molecule has 0 fully saturated rings. The van der Waals surface area contributed by atoms with Crippen LogP contribution < -0.4 is 38.5 Å². The van der Waals surface area contributed by atoms with Crippen LogP contribution in [0, 0.1) is 13.8 Å². The minimum Gasteiger partial charge on any atom is -0.307 e. The summed E-state index contributed by atoms with van der Waals surface area (Å²) >= 11 is 0. The summed E-state index contributed by atoms with van der Waals surface area (Å²) in [7, 11) is 0. The minimum absolute atomic E-state index is 0.0323. The summed E-state index contributed by atoms with van der Waals surface area (Å²) in [5, 5.41) is 12.4. The smallest absolute Gasteiger partial charge is 0.307 e. The van der Waals surface area contributed by atoms with E-state index < -0.39 is 0 Å². The summed E-state index contributed by atoms with van der Waals surface area (Å²) in [6.45, 7) is 8.84. The molecule has 0 bridgehead atoms. The highest BCUT2D eigenvalue weighted by atomic mass is 16.1. The number of hydrogen-bond donors (Lipinski definition) is 0. The van der Waals surface area contributed by atoms with Crippen LogP contribution in [0.2, 0.25) is 0 Å². The van der Waals surface area contributed by atoms with Gasteiger partial charge in [0.15, 0.2) is 0 Å². The molecule has 0 unspecified atom stereocenters. The van der Waals surface area contributed by atoms with Crippen LogP contribution in [0.15, 0.2) is 169 Å². The Morgan fingerprint density at radius 1 is 0.403 bits per heavy atom. The van der Waals surface area contributed by atoms with Gasteiger partial charge in [0.25, 0.3) is 0 Å². The van der Waals surface area contributed by atoms with E-state index in [2.05, 4.69) is 205 Å². The van der Waals surface area contributed by atoms with Crippen molar-refractivity contribution in [3.63, 3.8) is 0 Å². The van der Waals surface area contributed by atoms with Gasteiger partial charge in [-0.3, -0.25) is 9.13 Å². The fourth-order valence-corrected chi connectivity index (χ4v) is 13.6. The van der Waals surface area contributed by atoms with Crippen molar-refractivity contribution < 1.29 is 0 Å². The summed E-state index contributed by atoms with van der Waals surface area (Å²) in [6.07, 6.45) is 1.79. The summed E-state index contributed by atoms with van der Waals surface area (Å²) in [4.78, 5) is 16.4. The lowest BCUT2D eigenvalue weighted by molar-refractivity contribution is 0.890. The molecule has 0 saturated carbocycles. The lowest BCUT2D eigenvalue weighted by atomic mass is 9.33. The van der Waals surface area contributed by atoms with Crippen LogP contribution in [0.4, 0.5) is 0 Å². The second-order valence-corrected chi connectivity index (χ2v) is 19.2. The van der Waals surface area contributed by atoms with Gasteiger partial charge in [0.2, 0.25) is 13.4 Å². The van der Waals surface area contributed by atoms with Gasteiger partial charge in [-0.1, -0.05) is 181 Å². The first-order valence-electron chi connectivity index (χ1n) is 24.0. The molecule has 6 heteroatoms. The molecule has 2 aliphatic rings. The van der Waals surface area contributed by atoms with Crippen LogP contribution >= 0.6 is 0 Å². The lowest BCUT2D eigenvalue weighted by Gasteiger charge is -2.36. The number of benzene rings is 10. The number of aryl methyl sites for hydroxylation is 4. The van der Waals surface area contributed by atoms with Crippen molar-refractivity contribution in [2.45, 2.75) is 40.5 Å². The Bertz CT molecular complexity index is 4440.